The van der Waals surface area contributed by atoms with Gasteiger partial charge in [-0.1, -0.05) is 35.5 Å². The summed E-state index contributed by atoms with van der Waals surface area (Å²) in [5.41, 5.74) is 1.76. The lowest BCUT2D eigenvalue weighted by atomic mass is 9.87. The number of oxime groups is 1. The van der Waals surface area contributed by atoms with Crippen molar-refractivity contribution in [1.82, 2.24) is 15.2 Å². The number of carbonyl (C=O) groups is 2. The summed E-state index contributed by atoms with van der Waals surface area (Å²) in [4.78, 5) is 36.7. The van der Waals surface area contributed by atoms with Crippen LogP contribution in [0.2, 0.25) is 0 Å². The number of hydrogen-bond acceptors (Lipinski definition) is 5. The predicted molar refractivity (Wildman–Crippen MR) is 108 cm³/mol. The van der Waals surface area contributed by atoms with Gasteiger partial charge in [0.15, 0.2) is 5.60 Å². The van der Waals surface area contributed by atoms with E-state index in [-0.39, 0.29) is 11.8 Å². The maximum atomic E-state index is 12.7. The van der Waals surface area contributed by atoms with Gasteiger partial charge in [0.25, 0.3) is 5.91 Å². The fourth-order valence-electron chi connectivity index (χ4n) is 3.84. The zero-order valence-corrected chi connectivity index (χ0v) is 16.2. The summed E-state index contributed by atoms with van der Waals surface area (Å²) in [6.07, 6.45) is 5.79. The first-order valence-electron chi connectivity index (χ1n) is 9.87. The Hall–Kier alpha value is -3.22. The van der Waals surface area contributed by atoms with Gasteiger partial charge in [-0.2, -0.15) is 0 Å². The SMILES string of the molecule is O=C(NCc1ccncc1)C1=NOC2(CCCN(C(=O)Cc3ccccc3)C2)C1. The third-order valence-corrected chi connectivity index (χ3v) is 5.39. The van der Waals surface area contributed by atoms with E-state index in [1.54, 1.807) is 12.4 Å². The van der Waals surface area contributed by atoms with Crippen LogP contribution in [0.4, 0.5) is 0 Å². The smallest absolute Gasteiger partial charge is 0.269 e. The van der Waals surface area contributed by atoms with E-state index in [4.69, 9.17) is 4.84 Å². The van der Waals surface area contributed by atoms with E-state index >= 15 is 0 Å². The summed E-state index contributed by atoms with van der Waals surface area (Å²) in [5, 5.41) is 6.93. The standard InChI is InChI=1S/C22H24N4O3/c27-20(13-17-5-2-1-3-6-17)26-12-4-9-22(16-26)14-19(25-29-22)21(28)24-15-18-7-10-23-11-8-18/h1-3,5-8,10-11H,4,9,12-16H2,(H,24,28). The van der Waals surface area contributed by atoms with Crippen molar-refractivity contribution >= 4 is 17.5 Å². The first-order chi connectivity index (χ1) is 14.1. The molecular weight excluding hydrogens is 368 g/mol. The van der Waals surface area contributed by atoms with E-state index in [0.29, 0.717) is 38.2 Å². The van der Waals surface area contributed by atoms with Crippen LogP contribution < -0.4 is 5.32 Å². The molecule has 0 aliphatic carbocycles. The molecule has 0 bridgehead atoms. The summed E-state index contributed by atoms with van der Waals surface area (Å²) in [7, 11) is 0. The number of amides is 2. The molecule has 7 heteroatoms. The quantitative estimate of drug-likeness (QED) is 0.844. The van der Waals surface area contributed by atoms with Gasteiger partial charge in [0.05, 0.1) is 13.0 Å². The molecule has 2 aromatic rings. The fraction of sp³-hybridized carbons (Fsp3) is 0.364. The Morgan fingerprint density at radius 1 is 1.10 bits per heavy atom. The molecule has 2 aliphatic rings. The Bertz CT molecular complexity index is 901. The third-order valence-electron chi connectivity index (χ3n) is 5.39. The Morgan fingerprint density at radius 3 is 2.69 bits per heavy atom. The minimum absolute atomic E-state index is 0.0782. The highest BCUT2D eigenvalue weighted by Crippen LogP contribution is 2.33. The molecule has 1 saturated heterocycles. The van der Waals surface area contributed by atoms with Crippen molar-refractivity contribution in [3.8, 4) is 0 Å². The van der Waals surface area contributed by atoms with Gasteiger partial charge in [-0.05, 0) is 36.1 Å². The highest BCUT2D eigenvalue weighted by molar-refractivity contribution is 6.39. The average molecular weight is 392 g/mol. The number of rotatable bonds is 5. The maximum Gasteiger partial charge on any atom is 0.269 e. The number of likely N-dealkylation sites (tertiary alicyclic amines) is 1. The number of hydrogen-bond donors (Lipinski definition) is 1. The molecule has 3 heterocycles. The molecule has 1 fully saturated rings. The molecule has 4 rings (SSSR count). The Kier molecular flexibility index (Phi) is 5.55. The molecule has 0 radical (unpaired) electrons. The molecule has 1 aromatic heterocycles. The van der Waals surface area contributed by atoms with Crippen molar-refractivity contribution in [2.75, 3.05) is 13.1 Å². The topological polar surface area (TPSA) is 83.9 Å². The summed E-state index contributed by atoms with van der Waals surface area (Å²) < 4.78 is 0. The van der Waals surface area contributed by atoms with E-state index in [1.807, 2.05) is 47.4 Å². The number of pyridine rings is 1. The van der Waals surface area contributed by atoms with Gasteiger partial charge < -0.3 is 15.1 Å². The minimum atomic E-state index is -0.589. The molecule has 1 aromatic carbocycles. The maximum absolute atomic E-state index is 12.7. The zero-order valence-electron chi connectivity index (χ0n) is 16.2. The van der Waals surface area contributed by atoms with Gasteiger partial charge >= 0.3 is 0 Å². The molecule has 1 N–H and O–H groups in total. The fourth-order valence-corrected chi connectivity index (χ4v) is 3.84. The van der Waals surface area contributed by atoms with Gasteiger partial charge in [0.1, 0.15) is 5.71 Å². The largest absolute Gasteiger partial charge is 0.386 e. The van der Waals surface area contributed by atoms with E-state index in [9.17, 15) is 9.59 Å². The minimum Gasteiger partial charge on any atom is -0.386 e. The molecule has 1 spiro atoms. The highest BCUT2D eigenvalue weighted by atomic mass is 16.7. The highest BCUT2D eigenvalue weighted by Gasteiger charge is 2.45. The molecule has 2 amide bonds. The van der Waals surface area contributed by atoms with Crippen LogP contribution in [0.15, 0.2) is 60.0 Å². The number of aromatic nitrogens is 1. The van der Waals surface area contributed by atoms with Gasteiger partial charge in [0, 0.05) is 31.9 Å². The number of benzene rings is 1. The lowest BCUT2D eigenvalue weighted by molar-refractivity contribution is -0.139. The van der Waals surface area contributed by atoms with Crippen molar-refractivity contribution in [3.05, 3.63) is 66.0 Å². The molecular formula is C22H24N4O3. The Labute approximate surface area is 169 Å². The molecule has 7 nitrogen and oxygen atoms in total. The van der Waals surface area contributed by atoms with E-state index in [1.165, 1.54) is 0 Å². The Balaban J connectivity index is 1.32. The number of piperidine rings is 1. The first-order valence-corrected chi connectivity index (χ1v) is 9.87. The first kappa shape index (κ1) is 19.1. The summed E-state index contributed by atoms with van der Waals surface area (Å²) in [5.74, 6) is -0.152. The van der Waals surface area contributed by atoms with Gasteiger partial charge in [-0.3, -0.25) is 14.6 Å². The molecule has 2 aliphatic heterocycles. The van der Waals surface area contributed by atoms with Crippen LogP contribution in [0.5, 0.6) is 0 Å². The Morgan fingerprint density at radius 2 is 1.90 bits per heavy atom. The summed E-state index contributed by atoms with van der Waals surface area (Å²) in [6.45, 7) is 1.58. The van der Waals surface area contributed by atoms with Crippen LogP contribution in [0, 0.1) is 0 Å². The van der Waals surface area contributed by atoms with Gasteiger partial charge in [-0.15, -0.1) is 0 Å². The van der Waals surface area contributed by atoms with Crippen molar-refractivity contribution in [2.45, 2.75) is 37.8 Å². The molecule has 1 unspecified atom stereocenters. The normalized spacial score (nSPS) is 20.8. The summed E-state index contributed by atoms with van der Waals surface area (Å²) >= 11 is 0. The number of nitrogens with zero attached hydrogens (tertiary/aromatic N) is 3. The van der Waals surface area contributed by atoms with E-state index in [0.717, 1.165) is 24.0 Å². The predicted octanol–water partition coefficient (Wildman–Crippen LogP) is 2.08. The molecule has 150 valence electrons. The van der Waals surface area contributed by atoms with Crippen LogP contribution >= 0.6 is 0 Å². The van der Waals surface area contributed by atoms with Crippen LogP contribution in [-0.2, 0) is 27.4 Å². The van der Waals surface area contributed by atoms with Crippen LogP contribution in [-0.4, -0.2) is 46.1 Å². The van der Waals surface area contributed by atoms with Crippen LogP contribution in [0.1, 0.15) is 30.4 Å². The van der Waals surface area contributed by atoms with Crippen molar-refractivity contribution < 1.29 is 14.4 Å². The van der Waals surface area contributed by atoms with E-state index < -0.39 is 5.60 Å². The van der Waals surface area contributed by atoms with Crippen molar-refractivity contribution in [3.63, 3.8) is 0 Å². The molecule has 29 heavy (non-hydrogen) atoms. The third kappa shape index (κ3) is 4.62. The van der Waals surface area contributed by atoms with Crippen molar-refractivity contribution in [2.24, 2.45) is 5.16 Å². The van der Waals surface area contributed by atoms with Crippen LogP contribution in [0.25, 0.3) is 0 Å². The lowest BCUT2D eigenvalue weighted by Crippen LogP contribution is -2.51. The molecule has 0 saturated carbocycles. The van der Waals surface area contributed by atoms with Gasteiger partial charge in [-0.25, -0.2) is 0 Å². The zero-order chi connectivity index (χ0) is 20.1. The molecule has 1 atom stereocenters. The monoisotopic (exact) mass is 392 g/mol. The second-order valence-electron chi connectivity index (χ2n) is 7.61. The number of carbonyl (C=O) groups excluding carboxylic acids is 2. The lowest BCUT2D eigenvalue weighted by Gasteiger charge is -2.38. The second-order valence-corrected chi connectivity index (χ2v) is 7.61. The van der Waals surface area contributed by atoms with Gasteiger partial charge in [0.2, 0.25) is 5.91 Å². The average Bonchev–Trinajstić information content (AvgIpc) is 3.16. The van der Waals surface area contributed by atoms with E-state index in [2.05, 4.69) is 15.5 Å². The van der Waals surface area contributed by atoms with Crippen molar-refractivity contribution in [1.29, 1.82) is 0 Å². The second kappa shape index (κ2) is 8.43. The number of nitrogens with one attached hydrogen (secondary N) is 1. The van der Waals surface area contributed by atoms with Crippen LogP contribution in [0.3, 0.4) is 0 Å². The summed E-state index contributed by atoms with van der Waals surface area (Å²) in [6, 6.07) is 13.4.